The summed E-state index contributed by atoms with van der Waals surface area (Å²) < 4.78 is 24.4. The highest BCUT2D eigenvalue weighted by Crippen LogP contribution is 2.39. The van der Waals surface area contributed by atoms with Crippen LogP contribution in [-0.2, 0) is 11.3 Å². The topological polar surface area (TPSA) is 53.7 Å². The maximum Gasteiger partial charge on any atom is 0.175 e. The normalized spacial score (nSPS) is 10.3. The zero-order chi connectivity index (χ0) is 12.1. The van der Waals surface area contributed by atoms with Crippen LogP contribution >= 0.6 is 15.9 Å². The van der Waals surface area contributed by atoms with E-state index >= 15 is 0 Å². The first-order chi connectivity index (χ1) is 7.65. The molecule has 0 spiro atoms. The molecule has 1 aromatic rings. The second-order valence-electron chi connectivity index (χ2n) is 3.01. The van der Waals surface area contributed by atoms with Crippen molar-refractivity contribution in [3.05, 3.63) is 21.9 Å². The van der Waals surface area contributed by atoms with E-state index in [1.807, 2.05) is 0 Å². The van der Waals surface area contributed by atoms with E-state index in [1.54, 1.807) is 0 Å². The third-order valence-corrected chi connectivity index (χ3v) is 2.71. The van der Waals surface area contributed by atoms with Gasteiger partial charge in [0.2, 0.25) is 0 Å². The van der Waals surface area contributed by atoms with Crippen molar-refractivity contribution in [3.8, 4) is 11.5 Å². The Labute approximate surface area is 102 Å². The van der Waals surface area contributed by atoms with E-state index in [0.29, 0.717) is 28.0 Å². The van der Waals surface area contributed by atoms with Crippen LogP contribution in [0.5, 0.6) is 11.5 Å². The first-order valence-electron chi connectivity index (χ1n) is 4.56. The molecule has 4 nitrogen and oxygen atoms in total. The largest absolute Gasteiger partial charge is 0.492 e. The van der Waals surface area contributed by atoms with Gasteiger partial charge in [-0.3, -0.25) is 0 Å². The summed E-state index contributed by atoms with van der Waals surface area (Å²) in [4.78, 5) is 4.43. The molecule has 0 aliphatic heterocycles. The van der Waals surface area contributed by atoms with E-state index in [-0.39, 0.29) is 12.4 Å². The molecule has 0 fully saturated rings. The van der Waals surface area contributed by atoms with Gasteiger partial charge in [0.05, 0.1) is 25.3 Å². The molecule has 0 atom stereocenters. The maximum atomic E-state index is 13.7. The molecule has 0 unspecified atom stereocenters. The van der Waals surface area contributed by atoms with Crippen LogP contribution in [0.1, 0.15) is 5.56 Å². The van der Waals surface area contributed by atoms with Crippen LogP contribution < -0.4 is 15.4 Å². The first kappa shape index (κ1) is 13.2. The Bertz CT molecular complexity index is 374. The van der Waals surface area contributed by atoms with Crippen molar-refractivity contribution in [2.24, 2.45) is 5.90 Å². The van der Waals surface area contributed by atoms with Crippen molar-refractivity contribution in [2.75, 3.05) is 20.8 Å². The second kappa shape index (κ2) is 6.03. The van der Waals surface area contributed by atoms with Gasteiger partial charge < -0.3 is 14.3 Å². The fraction of sp³-hybridized carbons (Fsp3) is 0.400. The highest BCUT2D eigenvalue weighted by atomic mass is 79.9. The minimum Gasteiger partial charge on any atom is -0.492 e. The van der Waals surface area contributed by atoms with Crippen molar-refractivity contribution >= 4 is 15.9 Å². The van der Waals surface area contributed by atoms with Crippen molar-refractivity contribution in [1.82, 2.24) is 0 Å². The van der Waals surface area contributed by atoms with Crippen molar-refractivity contribution in [3.63, 3.8) is 0 Å². The van der Waals surface area contributed by atoms with E-state index in [1.165, 1.54) is 20.3 Å². The minimum absolute atomic E-state index is 0.206. The van der Waals surface area contributed by atoms with E-state index in [2.05, 4.69) is 20.8 Å². The Morgan fingerprint density at radius 3 is 2.44 bits per heavy atom. The molecule has 16 heavy (non-hydrogen) atoms. The maximum absolute atomic E-state index is 13.7. The molecular weight excluding hydrogens is 281 g/mol. The standard InChI is InChI=1S/C10H13BrFNO3/c1-14-9-6(3-4-16-13)8(12)5-7(11)10(9)15-2/h5H,3-4,13H2,1-2H3. The van der Waals surface area contributed by atoms with Crippen LogP contribution in [0.4, 0.5) is 4.39 Å². The summed E-state index contributed by atoms with van der Waals surface area (Å²) in [5, 5.41) is 0. The van der Waals surface area contributed by atoms with Crippen LogP contribution in [-0.4, -0.2) is 20.8 Å². The summed E-state index contributed by atoms with van der Waals surface area (Å²) in [6.07, 6.45) is 0.315. The van der Waals surface area contributed by atoms with Gasteiger partial charge in [-0.15, -0.1) is 0 Å². The van der Waals surface area contributed by atoms with Gasteiger partial charge in [-0.2, -0.15) is 0 Å². The van der Waals surface area contributed by atoms with Crippen LogP contribution in [0, 0.1) is 5.82 Å². The fourth-order valence-electron chi connectivity index (χ4n) is 1.42. The monoisotopic (exact) mass is 293 g/mol. The third-order valence-electron chi connectivity index (χ3n) is 2.12. The molecule has 0 saturated heterocycles. The van der Waals surface area contributed by atoms with Gasteiger partial charge in [-0.25, -0.2) is 10.3 Å². The summed E-state index contributed by atoms with van der Waals surface area (Å²) in [6, 6.07) is 1.33. The highest BCUT2D eigenvalue weighted by molar-refractivity contribution is 9.10. The number of methoxy groups -OCH3 is 2. The van der Waals surface area contributed by atoms with Crippen molar-refractivity contribution in [2.45, 2.75) is 6.42 Å². The molecular formula is C10H13BrFNO3. The lowest BCUT2D eigenvalue weighted by Gasteiger charge is -2.14. The number of rotatable bonds is 5. The van der Waals surface area contributed by atoms with Gasteiger partial charge >= 0.3 is 0 Å². The Kier molecular flexibility index (Phi) is 4.98. The number of hydrogen-bond acceptors (Lipinski definition) is 4. The van der Waals surface area contributed by atoms with Crippen LogP contribution in [0.3, 0.4) is 0 Å². The molecule has 0 saturated carbocycles. The van der Waals surface area contributed by atoms with Crippen molar-refractivity contribution in [1.29, 1.82) is 0 Å². The molecule has 0 heterocycles. The predicted molar refractivity (Wildman–Crippen MR) is 61.0 cm³/mol. The molecule has 0 bridgehead atoms. The van der Waals surface area contributed by atoms with Crippen LogP contribution in [0.15, 0.2) is 10.5 Å². The fourth-order valence-corrected chi connectivity index (χ4v) is 1.96. The molecule has 0 aliphatic rings. The summed E-state index contributed by atoms with van der Waals surface area (Å²) >= 11 is 3.20. The molecule has 1 aromatic carbocycles. The Morgan fingerprint density at radius 2 is 1.94 bits per heavy atom. The number of hydrogen-bond donors (Lipinski definition) is 1. The zero-order valence-electron chi connectivity index (χ0n) is 9.05. The third kappa shape index (κ3) is 2.63. The van der Waals surface area contributed by atoms with Crippen LogP contribution in [0.25, 0.3) is 0 Å². The Morgan fingerprint density at radius 1 is 1.31 bits per heavy atom. The zero-order valence-corrected chi connectivity index (χ0v) is 10.6. The summed E-state index contributed by atoms with van der Waals surface area (Å²) in [5.41, 5.74) is 0.382. The highest BCUT2D eigenvalue weighted by Gasteiger charge is 2.18. The van der Waals surface area contributed by atoms with Gasteiger partial charge in [0, 0.05) is 12.0 Å². The first-order valence-corrected chi connectivity index (χ1v) is 5.35. The summed E-state index contributed by atoms with van der Waals surface area (Å²) in [6.45, 7) is 0.206. The second-order valence-corrected chi connectivity index (χ2v) is 3.86. The molecule has 90 valence electrons. The SMILES string of the molecule is COc1c(Br)cc(F)c(CCON)c1OC. The smallest absolute Gasteiger partial charge is 0.175 e. The molecule has 6 heteroatoms. The van der Waals surface area contributed by atoms with Gasteiger partial charge in [-0.05, 0) is 22.0 Å². The van der Waals surface area contributed by atoms with E-state index < -0.39 is 0 Å². The lowest BCUT2D eigenvalue weighted by Crippen LogP contribution is -2.07. The van der Waals surface area contributed by atoms with E-state index in [9.17, 15) is 4.39 Å². The minimum atomic E-state index is -0.387. The lowest BCUT2D eigenvalue weighted by molar-refractivity contribution is 0.140. The number of ether oxygens (including phenoxy) is 2. The molecule has 0 aliphatic carbocycles. The van der Waals surface area contributed by atoms with Crippen LogP contribution in [0.2, 0.25) is 0 Å². The van der Waals surface area contributed by atoms with Crippen molar-refractivity contribution < 1.29 is 18.7 Å². The van der Waals surface area contributed by atoms with Gasteiger partial charge in [-0.1, -0.05) is 0 Å². The predicted octanol–water partition coefficient (Wildman–Crippen LogP) is 2.04. The number of nitrogens with two attached hydrogens (primary N) is 1. The van der Waals surface area contributed by atoms with E-state index in [0.717, 1.165) is 0 Å². The number of benzene rings is 1. The lowest BCUT2D eigenvalue weighted by atomic mass is 10.1. The quantitative estimate of drug-likeness (QED) is 0.844. The summed E-state index contributed by atoms with van der Waals surface area (Å²) in [7, 11) is 2.94. The number of halogens is 2. The molecule has 0 aromatic heterocycles. The Balaban J connectivity index is 3.22. The molecule has 0 amide bonds. The summed E-state index contributed by atoms with van der Waals surface area (Å²) in [5.74, 6) is 5.33. The van der Waals surface area contributed by atoms with Gasteiger partial charge in [0.1, 0.15) is 5.82 Å². The molecule has 2 N–H and O–H groups in total. The molecule has 1 rings (SSSR count). The van der Waals surface area contributed by atoms with Gasteiger partial charge in [0.25, 0.3) is 0 Å². The average molecular weight is 294 g/mol. The average Bonchev–Trinajstić information content (AvgIpc) is 2.27. The molecule has 0 radical (unpaired) electrons. The van der Waals surface area contributed by atoms with E-state index in [4.69, 9.17) is 15.4 Å². The van der Waals surface area contributed by atoms with Gasteiger partial charge in [0.15, 0.2) is 11.5 Å². The Hall–Kier alpha value is -0.850.